The molecule has 1 atom stereocenters. The van der Waals surface area contributed by atoms with Gasteiger partial charge in [-0.1, -0.05) is 45.9 Å². The van der Waals surface area contributed by atoms with Gasteiger partial charge in [0.25, 0.3) is 5.91 Å². The summed E-state index contributed by atoms with van der Waals surface area (Å²) in [5.41, 5.74) is 1.11. The molecular formula is C23H36N2O3. The zero-order valence-corrected chi connectivity index (χ0v) is 18.0. The number of benzene rings is 1. The molecule has 2 amide bonds. The fourth-order valence-electron chi connectivity index (χ4n) is 3.77. The minimum absolute atomic E-state index is 0.0941. The molecule has 0 saturated carbocycles. The highest BCUT2D eigenvalue weighted by Gasteiger charge is 2.28. The second-order valence-electron chi connectivity index (χ2n) is 8.07. The van der Waals surface area contributed by atoms with Crippen LogP contribution in [0.2, 0.25) is 0 Å². The van der Waals surface area contributed by atoms with Crippen molar-refractivity contribution in [2.45, 2.75) is 78.4 Å². The largest absolute Gasteiger partial charge is 0.481 e. The average molecular weight is 389 g/mol. The smallest absolute Gasteiger partial charge is 0.260 e. The van der Waals surface area contributed by atoms with Gasteiger partial charge in [0, 0.05) is 25.0 Å². The molecule has 1 N–H and O–H groups in total. The van der Waals surface area contributed by atoms with E-state index in [1.54, 1.807) is 6.92 Å². The van der Waals surface area contributed by atoms with Gasteiger partial charge in [-0.2, -0.15) is 0 Å². The highest BCUT2D eigenvalue weighted by atomic mass is 16.5. The van der Waals surface area contributed by atoms with Crippen molar-refractivity contribution in [2.24, 2.45) is 5.92 Å². The summed E-state index contributed by atoms with van der Waals surface area (Å²) in [6, 6.07) is 7.98. The van der Waals surface area contributed by atoms with Crippen LogP contribution in [0.3, 0.4) is 0 Å². The van der Waals surface area contributed by atoms with Crippen LogP contribution >= 0.6 is 0 Å². The van der Waals surface area contributed by atoms with Crippen LogP contribution in [0.15, 0.2) is 24.3 Å². The van der Waals surface area contributed by atoms with Gasteiger partial charge in [-0.3, -0.25) is 9.59 Å². The molecule has 0 aromatic heterocycles. The Bertz CT molecular complexity index is 647. The van der Waals surface area contributed by atoms with Crippen LogP contribution in [0.5, 0.6) is 5.75 Å². The summed E-state index contributed by atoms with van der Waals surface area (Å²) in [5.74, 6) is 1.40. The van der Waals surface area contributed by atoms with Crippen LogP contribution in [-0.2, 0) is 9.59 Å². The van der Waals surface area contributed by atoms with Gasteiger partial charge in [0.15, 0.2) is 6.10 Å². The number of hydrogen-bond donors (Lipinski definition) is 1. The predicted octanol–water partition coefficient (Wildman–Crippen LogP) is 4.12. The number of nitrogens with zero attached hydrogens (tertiary/aromatic N) is 1. The Balaban J connectivity index is 1.85. The molecule has 5 heteroatoms. The first-order valence-corrected chi connectivity index (χ1v) is 10.7. The first-order chi connectivity index (χ1) is 13.4. The van der Waals surface area contributed by atoms with Crippen LogP contribution in [0, 0.1) is 5.92 Å². The fraction of sp³-hybridized carbons (Fsp3) is 0.652. The molecule has 1 fully saturated rings. The van der Waals surface area contributed by atoms with Gasteiger partial charge in [0.2, 0.25) is 5.91 Å². The van der Waals surface area contributed by atoms with Gasteiger partial charge in [0.05, 0.1) is 0 Å². The lowest BCUT2D eigenvalue weighted by molar-refractivity contribution is -0.137. The third-order valence-electron chi connectivity index (χ3n) is 5.70. The lowest BCUT2D eigenvalue weighted by Crippen LogP contribution is -2.50. The van der Waals surface area contributed by atoms with Crippen molar-refractivity contribution in [3.05, 3.63) is 29.8 Å². The van der Waals surface area contributed by atoms with Crippen LogP contribution in [0.25, 0.3) is 0 Å². The molecule has 1 heterocycles. The van der Waals surface area contributed by atoms with Crippen molar-refractivity contribution in [3.8, 4) is 5.75 Å². The average Bonchev–Trinajstić information content (AvgIpc) is 2.69. The van der Waals surface area contributed by atoms with Crippen molar-refractivity contribution in [3.63, 3.8) is 0 Å². The Hall–Kier alpha value is -2.04. The SMILES string of the molecule is CCC(CC)C(=O)N1CCC(NC(=O)C(C)Oc2ccccc2C(C)C)CC1. The molecular weight excluding hydrogens is 352 g/mol. The molecule has 1 saturated heterocycles. The Kier molecular flexibility index (Phi) is 8.34. The van der Waals surface area contributed by atoms with Gasteiger partial charge < -0.3 is 15.0 Å². The maximum Gasteiger partial charge on any atom is 0.260 e. The van der Waals surface area contributed by atoms with Gasteiger partial charge in [0.1, 0.15) is 5.75 Å². The minimum atomic E-state index is -0.552. The zero-order chi connectivity index (χ0) is 20.7. The second kappa shape index (κ2) is 10.5. The van der Waals surface area contributed by atoms with Gasteiger partial charge >= 0.3 is 0 Å². The second-order valence-corrected chi connectivity index (χ2v) is 8.07. The standard InChI is InChI=1S/C23H36N2O3/c1-6-18(7-2)23(27)25-14-12-19(13-15-25)24-22(26)17(5)28-21-11-9-8-10-20(21)16(3)4/h8-11,16-19H,6-7,12-15H2,1-5H3,(H,24,26). The number of piperidine rings is 1. The molecule has 2 rings (SSSR count). The third-order valence-corrected chi connectivity index (χ3v) is 5.70. The Labute approximate surface area is 169 Å². The number of nitrogens with one attached hydrogen (secondary N) is 1. The molecule has 28 heavy (non-hydrogen) atoms. The van der Waals surface area contributed by atoms with Crippen molar-refractivity contribution in [1.29, 1.82) is 0 Å². The van der Waals surface area contributed by atoms with Crippen molar-refractivity contribution < 1.29 is 14.3 Å². The molecule has 156 valence electrons. The highest BCUT2D eigenvalue weighted by Crippen LogP contribution is 2.26. The molecule has 5 nitrogen and oxygen atoms in total. The summed E-state index contributed by atoms with van der Waals surface area (Å²) in [4.78, 5) is 27.1. The first kappa shape index (κ1) is 22.3. The monoisotopic (exact) mass is 388 g/mol. The lowest BCUT2D eigenvalue weighted by atomic mass is 9.98. The first-order valence-electron chi connectivity index (χ1n) is 10.7. The van der Waals surface area contributed by atoms with E-state index in [4.69, 9.17) is 4.74 Å². The van der Waals surface area contributed by atoms with E-state index in [1.165, 1.54) is 0 Å². The van der Waals surface area contributed by atoms with Crippen LogP contribution in [0.4, 0.5) is 0 Å². The van der Waals surface area contributed by atoms with Crippen molar-refractivity contribution in [1.82, 2.24) is 10.2 Å². The summed E-state index contributed by atoms with van der Waals surface area (Å²) in [5, 5.41) is 3.10. The number of carbonyl (C=O) groups excluding carboxylic acids is 2. The molecule has 1 aliphatic heterocycles. The molecule has 1 unspecified atom stereocenters. The number of likely N-dealkylation sites (tertiary alicyclic amines) is 1. The van der Waals surface area contributed by atoms with E-state index in [9.17, 15) is 9.59 Å². The molecule has 0 radical (unpaired) electrons. The molecule has 1 aromatic rings. The van der Waals surface area contributed by atoms with Gasteiger partial charge in [-0.25, -0.2) is 0 Å². The predicted molar refractivity (Wildman–Crippen MR) is 112 cm³/mol. The van der Waals surface area contributed by atoms with Gasteiger partial charge in [-0.15, -0.1) is 0 Å². The topological polar surface area (TPSA) is 58.6 Å². The van der Waals surface area contributed by atoms with E-state index in [1.807, 2.05) is 29.2 Å². The lowest BCUT2D eigenvalue weighted by Gasteiger charge is -2.34. The van der Waals surface area contributed by atoms with Crippen LogP contribution < -0.4 is 10.1 Å². The molecule has 0 spiro atoms. The van der Waals surface area contributed by atoms with Gasteiger partial charge in [-0.05, 0) is 50.2 Å². The van der Waals surface area contributed by atoms with E-state index in [-0.39, 0.29) is 23.8 Å². The maximum atomic E-state index is 12.6. The van der Waals surface area contributed by atoms with E-state index in [2.05, 4.69) is 33.0 Å². The number of amides is 2. The van der Waals surface area contributed by atoms with Crippen molar-refractivity contribution >= 4 is 11.8 Å². The van der Waals surface area contributed by atoms with E-state index >= 15 is 0 Å². The van der Waals surface area contributed by atoms with E-state index in [0.717, 1.165) is 37.0 Å². The summed E-state index contributed by atoms with van der Waals surface area (Å²) in [6.45, 7) is 11.6. The van der Waals surface area contributed by atoms with Crippen LogP contribution in [-0.4, -0.2) is 41.9 Å². The summed E-state index contributed by atoms with van der Waals surface area (Å²) >= 11 is 0. The summed E-state index contributed by atoms with van der Waals surface area (Å²) < 4.78 is 5.95. The Morgan fingerprint density at radius 3 is 2.29 bits per heavy atom. The quantitative estimate of drug-likeness (QED) is 0.729. The minimum Gasteiger partial charge on any atom is -0.481 e. The number of ether oxygens (including phenoxy) is 1. The normalized spacial score (nSPS) is 16.3. The number of rotatable bonds is 8. The third kappa shape index (κ3) is 5.73. The fourth-order valence-corrected chi connectivity index (χ4v) is 3.77. The summed E-state index contributed by atoms with van der Waals surface area (Å²) in [6.07, 6.45) is 2.82. The number of carbonyl (C=O) groups is 2. The number of para-hydroxylation sites is 1. The Morgan fingerprint density at radius 2 is 1.71 bits per heavy atom. The summed E-state index contributed by atoms with van der Waals surface area (Å²) in [7, 11) is 0. The molecule has 1 aromatic carbocycles. The van der Waals surface area contributed by atoms with Crippen LogP contribution in [0.1, 0.15) is 71.8 Å². The Morgan fingerprint density at radius 1 is 1.11 bits per heavy atom. The molecule has 1 aliphatic rings. The van der Waals surface area contributed by atoms with E-state index in [0.29, 0.717) is 19.0 Å². The molecule has 0 aliphatic carbocycles. The zero-order valence-electron chi connectivity index (χ0n) is 18.0. The highest BCUT2D eigenvalue weighted by molar-refractivity contribution is 5.81. The van der Waals surface area contributed by atoms with Crippen molar-refractivity contribution in [2.75, 3.05) is 13.1 Å². The maximum absolute atomic E-state index is 12.6. The van der Waals surface area contributed by atoms with E-state index < -0.39 is 6.10 Å². The number of hydrogen-bond acceptors (Lipinski definition) is 3. The molecule has 0 bridgehead atoms.